The SMILES string of the molecule is O=S1(=O)C[C@@H]2N[C@@H]3CS(=O)(=O)C[C@H]3N(Cc3ccccc3Cl)[C@@H]2C1. The van der Waals surface area contributed by atoms with E-state index in [1.165, 1.54) is 0 Å². The summed E-state index contributed by atoms with van der Waals surface area (Å²) < 4.78 is 48.4. The highest BCUT2D eigenvalue weighted by atomic mass is 35.5. The van der Waals surface area contributed by atoms with Gasteiger partial charge in [0.1, 0.15) is 0 Å². The van der Waals surface area contributed by atoms with Crippen molar-refractivity contribution >= 4 is 31.3 Å². The Morgan fingerprint density at radius 1 is 0.958 bits per heavy atom. The number of fused-ring (bicyclic) bond motifs is 2. The van der Waals surface area contributed by atoms with Crippen LogP contribution >= 0.6 is 11.6 Å². The van der Waals surface area contributed by atoms with Crippen LogP contribution in [0.3, 0.4) is 0 Å². The van der Waals surface area contributed by atoms with Gasteiger partial charge < -0.3 is 5.32 Å². The molecule has 0 aromatic heterocycles. The van der Waals surface area contributed by atoms with Crippen LogP contribution in [0.1, 0.15) is 5.56 Å². The minimum atomic E-state index is -3.11. The minimum absolute atomic E-state index is 0.0678. The number of hydrogen-bond acceptors (Lipinski definition) is 6. The number of rotatable bonds is 2. The van der Waals surface area contributed by atoms with Crippen molar-refractivity contribution in [3.8, 4) is 0 Å². The van der Waals surface area contributed by atoms with Gasteiger partial charge in [-0.05, 0) is 11.6 Å². The number of hydrogen-bond donors (Lipinski definition) is 1. The molecule has 0 radical (unpaired) electrons. The maximum absolute atomic E-state index is 12.1. The van der Waals surface area contributed by atoms with Crippen LogP contribution in [0.5, 0.6) is 0 Å². The van der Waals surface area contributed by atoms with E-state index in [2.05, 4.69) is 10.2 Å². The van der Waals surface area contributed by atoms with Gasteiger partial charge in [0.2, 0.25) is 0 Å². The zero-order valence-corrected chi connectivity index (χ0v) is 15.3. The second-order valence-electron chi connectivity index (χ2n) is 6.93. The molecule has 6 nitrogen and oxygen atoms in total. The maximum atomic E-state index is 12.1. The van der Waals surface area contributed by atoms with Crippen molar-refractivity contribution < 1.29 is 16.8 Å². The lowest BCUT2D eigenvalue weighted by Crippen LogP contribution is -2.66. The number of piperazine rings is 1. The molecule has 24 heavy (non-hydrogen) atoms. The summed E-state index contributed by atoms with van der Waals surface area (Å²) in [6, 6.07) is 6.58. The van der Waals surface area contributed by atoms with Crippen molar-refractivity contribution in [2.24, 2.45) is 0 Å². The van der Waals surface area contributed by atoms with Crippen LogP contribution in [-0.4, -0.2) is 68.9 Å². The summed E-state index contributed by atoms with van der Waals surface area (Å²) in [5.74, 6) is 0.274. The first-order valence-corrected chi connectivity index (χ1v) is 11.9. The molecule has 0 aliphatic carbocycles. The molecule has 0 spiro atoms. The third-order valence-corrected chi connectivity index (χ3v) is 9.04. The topological polar surface area (TPSA) is 83.5 Å². The first-order valence-electron chi connectivity index (χ1n) is 7.90. The first kappa shape index (κ1) is 16.8. The van der Waals surface area contributed by atoms with E-state index in [9.17, 15) is 16.8 Å². The molecule has 9 heteroatoms. The zero-order valence-electron chi connectivity index (χ0n) is 12.9. The van der Waals surface area contributed by atoms with E-state index >= 15 is 0 Å². The monoisotopic (exact) mass is 390 g/mol. The molecule has 132 valence electrons. The fourth-order valence-electron chi connectivity index (χ4n) is 4.21. The van der Waals surface area contributed by atoms with Crippen molar-refractivity contribution in [1.29, 1.82) is 0 Å². The smallest absolute Gasteiger partial charge is 0.153 e. The number of nitrogens with one attached hydrogen (secondary N) is 1. The van der Waals surface area contributed by atoms with Gasteiger partial charge >= 0.3 is 0 Å². The molecule has 4 atom stereocenters. The predicted octanol–water partition coefficient (Wildman–Crippen LogP) is 0.0764. The Balaban J connectivity index is 1.70. The minimum Gasteiger partial charge on any atom is -0.306 e. The maximum Gasteiger partial charge on any atom is 0.153 e. The van der Waals surface area contributed by atoms with E-state index in [1.807, 2.05) is 18.2 Å². The summed E-state index contributed by atoms with van der Waals surface area (Å²) in [5.41, 5.74) is 0.896. The van der Waals surface area contributed by atoms with Crippen LogP contribution in [0.4, 0.5) is 0 Å². The van der Waals surface area contributed by atoms with Gasteiger partial charge in [-0.2, -0.15) is 0 Å². The lowest BCUT2D eigenvalue weighted by molar-refractivity contribution is 0.0678. The highest BCUT2D eigenvalue weighted by Crippen LogP contribution is 2.33. The number of nitrogens with zero attached hydrogens (tertiary/aromatic N) is 1. The van der Waals surface area contributed by atoms with Crippen LogP contribution in [0.15, 0.2) is 24.3 Å². The fraction of sp³-hybridized carbons (Fsp3) is 0.600. The average Bonchev–Trinajstić information content (AvgIpc) is 2.94. The van der Waals surface area contributed by atoms with Crippen LogP contribution in [0, 0.1) is 0 Å². The Morgan fingerprint density at radius 2 is 1.50 bits per heavy atom. The summed E-state index contributed by atoms with van der Waals surface area (Å²) in [5, 5.41) is 3.90. The van der Waals surface area contributed by atoms with Gasteiger partial charge in [0.25, 0.3) is 0 Å². The number of halogens is 1. The Hall–Kier alpha value is -0.670. The molecule has 3 aliphatic rings. The summed E-state index contributed by atoms with van der Waals surface area (Å²) in [4.78, 5) is 2.06. The van der Waals surface area contributed by atoms with Gasteiger partial charge in [0.05, 0.1) is 23.0 Å². The lowest BCUT2D eigenvalue weighted by atomic mass is 9.96. The van der Waals surface area contributed by atoms with Crippen LogP contribution in [0.25, 0.3) is 0 Å². The Bertz CT molecular complexity index is 823. The number of benzene rings is 1. The molecule has 0 bridgehead atoms. The van der Waals surface area contributed by atoms with Gasteiger partial charge in [-0.3, -0.25) is 4.90 Å². The van der Waals surface area contributed by atoms with Gasteiger partial charge in [-0.1, -0.05) is 29.8 Å². The van der Waals surface area contributed by atoms with Crippen molar-refractivity contribution in [2.45, 2.75) is 30.7 Å². The zero-order chi connectivity index (χ0) is 17.1. The largest absolute Gasteiger partial charge is 0.306 e. The van der Waals surface area contributed by atoms with E-state index < -0.39 is 19.7 Å². The summed E-state index contributed by atoms with van der Waals surface area (Å²) in [6.07, 6.45) is 0. The summed E-state index contributed by atoms with van der Waals surface area (Å²) in [6.45, 7) is 0.467. The molecule has 3 aliphatic heterocycles. The predicted molar refractivity (Wildman–Crippen MR) is 92.6 cm³/mol. The Kier molecular flexibility index (Phi) is 3.96. The fourth-order valence-corrected chi connectivity index (χ4v) is 8.30. The lowest BCUT2D eigenvalue weighted by Gasteiger charge is -2.45. The second kappa shape index (κ2) is 5.67. The summed E-state index contributed by atoms with van der Waals surface area (Å²) >= 11 is 6.26. The quantitative estimate of drug-likeness (QED) is 0.769. The van der Waals surface area contributed by atoms with Gasteiger partial charge in [-0.25, -0.2) is 16.8 Å². The van der Waals surface area contributed by atoms with Gasteiger partial charge in [0.15, 0.2) is 19.7 Å². The molecule has 3 saturated heterocycles. The number of sulfone groups is 2. The van der Waals surface area contributed by atoms with E-state index in [4.69, 9.17) is 11.6 Å². The second-order valence-corrected chi connectivity index (χ2v) is 11.6. The molecular weight excluding hydrogens is 372 g/mol. The Morgan fingerprint density at radius 3 is 2.04 bits per heavy atom. The molecule has 1 N–H and O–H groups in total. The molecule has 4 rings (SSSR count). The molecule has 0 unspecified atom stereocenters. The molecule has 1 aromatic rings. The first-order chi connectivity index (χ1) is 11.2. The molecule has 3 fully saturated rings. The van der Waals surface area contributed by atoms with Gasteiger partial charge in [0, 0.05) is 35.7 Å². The highest BCUT2D eigenvalue weighted by molar-refractivity contribution is 7.92. The van der Waals surface area contributed by atoms with E-state index in [0.717, 1.165) is 5.56 Å². The van der Waals surface area contributed by atoms with E-state index in [0.29, 0.717) is 11.6 Å². The van der Waals surface area contributed by atoms with Crippen molar-refractivity contribution in [1.82, 2.24) is 10.2 Å². The summed E-state index contributed by atoms with van der Waals surface area (Å²) in [7, 11) is -6.22. The third kappa shape index (κ3) is 2.99. The van der Waals surface area contributed by atoms with Crippen LogP contribution < -0.4 is 5.32 Å². The average molecular weight is 391 g/mol. The molecule has 1 aromatic carbocycles. The molecule has 3 heterocycles. The molecule has 0 saturated carbocycles. The molecular formula is C15H19ClN2O4S2. The normalized spacial score (nSPS) is 37.0. The van der Waals surface area contributed by atoms with Crippen LogP contribution in [-0.2, 0) is 26.2 Å². The standard InChI is InChI=1S/C15H19ClN2O4S2/c16-11-4-2-1-3-10(11)5-18-14-8-23(19,20)6-12(14)17-13-7-24(21,22)9-15(13)18/h1-4,12-15,17H,5-9H2/t12-,13+,14-,15-/m1/s1. The van der Waals surface area contributed by atoms with Crippen molar-refractivity contribution in [3.63, 3.8) is 0 Å². The molecule has 0 amide bonds. The van der Waals surface area contributed by atoms with E-state index in [-0.39, 0.29) is 47.2 Å². The van der Waals surface area contributed by atoms with Crippen molar-refractivity contribution in [2.75, 3.05) is 23.0 Å². The third-order valence-electron chi connectivity index (χ3n) is 5.24. The Labute approximate surface area is 147 Å². The highest BCUT2D eigenvalue weighted by Gasteiger charge is 2.53. The van der Waals surface area contributed by atoms with Gasteiger partial charge in [-0.15, -0.1) is 0 Å². The van der Waals surface area contributed by atoms with Crippen molar-refractivity contribution in [3.05, 3.63) is 34.9 Å². The van der Waals surface area contributed by atoms with E-state index in [1.54, 1.807) is 6.07 Å². The van der Waals surface area contributed by atoms with Crippen LogP contribution in [0.2, 0.25) is 5.02 Å².